The molecule has 1 aliphatic rings. The molecule has 24 heavy (non-hydrogen) atoms. The Labute approximate surface area is 137 Å². The molecule has 122 valence electrons. The standard InChI is InChI=1S/C16H12N2O5S/c1-24(2,23)17-11-7-3-5-9-13(11)15(19)10-6-4-8-12(18(21)22)14(10)16(9)20/h3-8H,1-2H3. The van der Waals surface area contributed by atoms with Crippen molar-refractivity contribution < 1.29 is 18.7 Å². The molecule has 0 spiro atoms. The molecular formula is C16H12N2O5S. The normalized spacial score (nSPS) is 13.2. The van der Waals surface area contributed by atoms with Crippen LogP contribution in [0.4, 0.5) is 11.4 Å². The third-order valence-electron chi connectivity index (χ3n) is 3.54. The second-order valence-electron chi connectivity index (χ2n) is 5.59. The van der Waals surface area contributed by atoms with Crippen molar-refractivity contribution in [2.24, 2.45) is 4.36 Å². The Morgan fingerprint density at radius 2 is 1.50 bits per heavy atom. The fourth-order valence-corrected chi connectivity index (χ4v) is 3.30. The van der Waals surface area contributed by atoms with E-state index in [1.54, 1.807) is 0 Å². The summed E-state index contributed by atoms with van der Waals surface area (Å²) in [5.74, 6) is -1.14. The summed E-state index contributed by atoms with van der Waals surface area (Å²) >= 11 is 0. The molecule has 0 radical (unpaired) electrons. The lowest BCUT2D eigenvalue weighted by molar-refractivity contribution is -0.385. The van der Waals surface area contributed by atoms with Gasteiger partial charge in [0.25, 0.3) is 5.69 Å². The zero-order valence-electron chi connectivity index (χ0n) is 12.8. The van der Waals surface area contributed by atoms with Gasteiger partial charge in [0.2, 0.25) is 5.78 Å². The van der Waals surface area contributed by atoms with Crippen LogP contribution in [-0.2, 0) is 9.73 Å². The van der Waals surface area contributed by atoms with Crippen molar-refractivity contribution in [3.63, 3.8) is 0 Å². The van der Waals surface area contributed by atoms with Gasteiger partial charge < -0.3 is 0 Å². The molecule has 0 aromatic heterocycles. The number of hydrogen-bond acceptors (Lipinski definition) is 6. The van der Waals surface area contributed by atoms with Crippen LogP contribution in [0.5, 0.6) is 0 Å². The third-order valence-corrected chi connectivity index (χ3v) is 4.18. The van der Waals surface area contributed by atoms with Gasteiger partial charge in [-0.15, -0.1) is 0 Å². The quantitative estimate of drug-likeness (QED) is 0.525. The summed E-state index contributed by atoms with van der Waals surface area (Å²) in [4.78, 5) is 36.0. The van der Waals surface area contributed by atoms with E-state index in [9.17, 15) is 23.9 Å². The van der Waals surface area contributed by atoms with Crippen LogP contribution in [0.3, 0.4) is 0 Å². The predicted octanol–water partition coefficient (Wildman–Crippen LogP) is 2.73. The van der Waals surface area contributed by atoms with E-state index in [-0.39, 0.29) is 27.9 Å². The van der Waals surface area contributed by atoms with Crippen molar-refractivity contribution in [1.29, 1.82) is 0 Å². The number of nitro groups is 1. The first kappa shape index (κ1) is 16.0. The largest absolute Gasteiger partial charge is 0.288 e. The smallest absolute Gasteiger partial charge is 0.281 e. The zero-order valence-corrected chi connectivity index (χ0v) is 13.6. The van der Waals surface area contributed by atoms with E-state index in [2.05, 4.69) is 4.36 Å². The first-order valence-corrected chi connectivity index (χ1v) is 9.21. The lowest BCUT2D eigenvalue weighted by atomic mass is 9.82. The Kier molecular flexibility index (Phi) is 3.56. The third kappa shape index (κ3) is 2.50. The zero-order chi connectivity index (χ0) is 17.6. The number of benzene rings is 2. The molecule has 8 heteroatoms. The maximum atomic E-state index is 12.8. The van der Waals surface area contributed by atoms with Gasteiger partial charge in [0.15, 0.2) is 5.78 Å². The number of nitro benzene ring substituents is 1. The number of carbonyl (C=O) groups is 2. The van der Waals surface area contributed by atoms with Crippen LogP contribution in [0, 0.1) is 10.1 Å². The highest BCUT2D eigenvalue weighted by molar-refractivity contribution is 7.92. The lowest BCUT2D eigenvalue weighted by Crippen LogP contribution is -2.22. The maximum Gasteiger partial charge on any atom is 0.281 e. The minimum atomic E-state index is -2.55. The van der Waals surface area contributed by atoms with Gasteiger partial charge in [-0.3, -0.25) is 19.7 Å². The molecule has 0 aliphatic heterocycles. The summed E-state index contributed by atoms with van der Waals surface area (Å²) < 4.78 is 16.0. The van der Waals surface area contributed by atoms with E-state index in [0.717, 1.165) is 0 Å². The summed E-state index contributed by atoms with van der Waals surface area (Å²) in [6.07, 6.45) is 2.83. The highest BCUT2D eigenvalue weighted by Crippen LogP contribution is 2.37. The summed E-state index contributed by atoms with van der Waals surface area (Å²) in [5, 5.41) is 11.2. The molecule has 0 saturated heterocycles. The number of rotatable bonds is 2. The number of hydrogen-bond donors (Lipinski definition) is 0. The van der Waals surface area contributed by atoms with Gasteiger partial charge in [-0.05, 0) is 12.1 Å². The summed E-state index contributed by atoms with van der Waals surface area (Å²) in [5.41, 5.74) is -0.445. The topological polar surface area (TPSA) is 107 Å². The molecule has 0 heterocycles. The molecule has 0 amide bonds. The van der Waals surface area contributed by atoms with Crippen LogP contribution in [-0.4, -0.2) is 33.2 Å². The molecule has 0 unspecified atom stereocenters. The van der Waals surface area contributed by atoms with Crippen molar-refractivity contribution >= 4 is 32.7 Å². The van der Waals surface area contributed by atoms with E-state index in [1.165, 1.54) is 48.9 Å². The Morgan fingerprint density at radius 1 is 0.958 bits per heavy atom. The molecule has 1 aliphatic carbocycles. The minimum Gasteiger partial charge on any atom is -0.288 e. The second-order valence-corrected chi connectivity index (χ2v) is 8.13. The van der Waals surface area contributed by atoms with Crippen LogP contribution in [0.2, 0.25) is 0 Å². The fourth-order valence-electron chi connectivity index (χ4n) is 2.67. The SMILES string of the molecule is CS(C)(=O)=Nc1cccc2c1C(=O)c1cccc([N+](=O)[O-])c1C2=O. The number of carbonyl (C=O) groups excluding carboxylic acids is 2. The highest BCUT2D eigenvalue weighted by Gasteiger charge is 2.36. The van der Waals surface area contributed by atoms with Crippen LogP contribution in [0.15, 0.2) is 40.8 Å². The average Bonchev–Trinajstić information content (AvgIpc) is 2.50. The van der Waals surface area contributed by atoms with Gasteiger partial charge in [-0.25, -0.2) is 4.21 Å². The summed E-state index contributed by atoms with van der Waals surface area (Å²) in [7, 11) is -2.55. The molecular weight excluding hydrogens is 332 g/mol. The Bertz CT molecular complexity index is 1040. The van der Waals surface area contributed by atoms with E-state index in [4.69, 9.17) is 0 Å². The monoisotopic (exact) mass is 344 g/mol. The van der Waals surface area contributed by atoms with Crippen LogP contribution in [0.1, 0.15) is 31.8 Å². The molecule has 2 aromatic rings. The van der Waals surface area contributed by atoms with Gasteiger partial charge in [0, 0.05) is 39.4 Å². The van der Waals surface area contributed by atoms with Crippen molar-refractivity contribution in [1.82, 2.24) is 0 Å². The van der Waals surface area contributed by atoms with Crippen LogP contribution in [0.25, 0.3) is 0 Å². The van der Waals surface area contributed by atoms with E-state index < -0.39 is 31.9 Å². The molecule has 0 bridgehead atoms. The van der Waals surface area contributed by atoms with Gasteiger partial charge in [0.05, 0.1) is 16.2 Å². The van der Waals surface area contributed by atoms with Gasteiger partial charge in [0.1, 0.15) is 5.56 Å². The second kappa shape index (κ2) is 5.34. The molecule has 0 atom stereocenters. The van der Waals surface area contributed by atoms with Gasteiger partial charge >= 0.3 is 0 Å². The maximum absolute atomic E-state index is 12.8. The predicted molar refractivity (Wildman–Crippen MR) is 88.5 cm³/mol. The Hall–Kier alpha value is -2.87. The van der Waals surface area contributed by atoms with Crippen molar-refractivity contribution in [3.8, 4) is 0 Å². The van der Waals surface area contributed by atoms with Crippen molar-refractivity contribution in [3.05, 3.63) is 68.8 Å². The molecule has 2 aromatic carbocycles. The minimum absolute atomic E-state index is 0.0340. The molecule has 0 saturated carbocycles. The highest BCUT2D eigenvalue weighted by atomic mass is 32.2. The van der Waals surface area contributed by atoms with Crippen LogP contribution < -0.4 is 0 Å². The molecule has 7 nitrogen and oxygen atoms in total. The molecule has 0 N–H and O–H groups in total. The van der Waals surface area contributed by atoms with Gasteiger partial charge in [-0.2, -0.15) is 4.36 Å². The van der Waals surface area contributed by atoms with E-state index in [0.29, 0.717) is 0 Å². The lowest BCUT2D eigenvalue weighted by Gasteiger charge is -2.18. The fraction of sp³-hybridized carbons (Fsp3) is 0.125. The molecule has 0 fully saturated rings. The average molecular weight is 344 g/mol. The molecule has 3 rings (SSSR count). The van der Waals surface area contributed by atoms with Crippen molar-refractivity contribution in [2.45, 2.75) is 0 Å². The Balaban J connectivity index is 2.36. The summed E-state index contributed by atoms with van der Waals surface area (Å²) in [6.45, 7) is 0. The van der Waals surface area contributed by atoms with Crippen LogP contribution >= 0.6 is 0 Å². The first-order chi connectivity index (χ1) is 11.2. The first-order valence-electron chi connectivity index (χ1n) is 6.87. The van der Waals surface area contributed by atoms with Gasteiger partial charge in [-0.1, -0.05) is 18.2 Å². The van der Waals surface area contributed by atoms with E-state index >= 15 is 0 Å². The number of nitrogens with zero attached hydrogens (tertiary/aromatic N) is 2. The van der Waals surface area contributed by atoms with E-state index in [1.807, 2.05) is 0 Å². The number of fused-ring (bicyclic) bond motifs is 2. The number of ketones is 2. The summed E-state index contributed by atoms with van der Waals surface area (Å²) in [6, 6.07) is 8.34. The van der Waals surface area contributed by atoms with Crippen molar-refractivity contribution in [2.75, 3.05) is 12.5 Å². The Morgan fingerprint density at radius 3 is 2.08 bits per heavy atom.